The maximum absolute atomic E-state index is 12.5. The lowest BCUT2D eigenvalue weighted by Crippen LogP contribution is -2.44. The Morgan fingerprint density at radius 2 is 1.70 bits per heavy atom. The molecule has 2 aromatic carbocycles. The fraction of sp³-hybridized carbons (Fsp3) is 0.364. The first-order valence-corrected chi connectivity index (χ1v) is 10.6. The van der Waals surface area contributed by atoms with Crippen molar-refractivity contribution in [3.8, 4) is 17.2 Å². The van der Waals surface area contributed by atoms with Crippen molar-refractivity contribution in [3.05, 3.63) is 52.5 Å². The summed E-state index contributed by atoms with van der Waals surface area (Å²) in [6, 6.07) is 12.2. The summed E-state index contributed by atoms with van der Waals surface area (Å²) in [6.07, 6.45) is 4.30. The minimum Gasteiger partial charge on any atom is -0.493 e. The van der Waals surface area contributed by atoms with Crippen molar-refractivity contribution >= 4 is 27.7 Å². The summed E-state index contributed by atoms with van der Waals surface area (Å²) in [5.41, 5.74) is 5.06. The highest BCUT2D eigenvalue weighted by atomic mass is 79.9. The summed E-state index contributed by atoms with van der Waals surface area (Å²) in [5.74, 6) is 0.430. The summed E-state index contributed by atoms with van der Waals surface area (Å²) < 4.78 is 17.1. The lowest BCUT2D eigenvalue weighted by Gasteiger charge is -2.13. The van der Waals surface area contributed by atoms with E-state index in [2.05, 4.69) is 33.7 Å². The molecule has 0 aliphatic rings. The van der Waals surface area contributed by atoms with Crippen LogP contribution in [-0.2, 0) is 4.79 Å². The highest BCUT2D eigenvalue weighted by Gasteiger charge is 2.15. The van der Waals surface area contributed by atoms with Crippen LogP contribution in [0.15, 0.2) is 46.9 Å². The van der Waals surface area contributed by atoms with Crippen molar-refractivity contribution in [3.63, 3.8) is 0 Å². The molecule has 0 fully saturated rings. The molecule has 0 radical (unpaired) electrons. The van der Waals surface area contributed by atoms with E-state index in [-0.39, 0.29) is 6.61 Å². The molecule has 30 heavy (non-hydrogen) atoms. The molecule has 162 valence electrons. The van der Waals surface area contributed by atoms with Crippen molar-refractivity contribution in [2.75, 3.05) is 20.3 Å². The Hall–Kier alpha value is -2.74. The summed E-state index contributed by atoms with van der Waals surface area (Å²) in [5, 5.41) is 0. The number of hydrogen-bond acceptors (Lipinski definition) is 5. The number of rotatable bonds is 11. The van der Waals surface area contributed by atoms with Gasteiger partial charge >= 0.3 is 0 Å². The molecule has 0 atom stereocenters. The van der Waals surface area contributed by atoms with E-state index in [1.165, 1.54) is 7.11 Å². The molecule has 2 rings (SSSR count). The number of hydrogen-bond donors (Lipinski definition) is 2. The summed E-state index contributed by atoms with van der Waals surface area (Å²) in [4.78, 5) is 24.6. The first-order valence-electron chi connectivity index (χ1n) is 9.82. The Kier molecular flexibility index (Phi) is 10.00. The van der Waals surface area contributed by atoms with Gasteiger partial charge in [-0.25, -0.2) is 0 Å². The molecule has 0 aliphatic heterocycles. The first kappa shape index (κ1) is 23.5. The van der Waals surface area contributed by atoms with Gasteiger partial charge in [-0.15, -0.1) is 0 Å². The number of amides is 2. The maximum Gasteiger partial charge on any atom is 0.276 e. The van der Waals surface area contributed by atoms with Gasteiger partial charge in [0, 0.05) is 4.47 Å². The SMILES string of the molecule is CCCCCCOc1ccc(Br)cc1C(=O)NNC(=O)COc1ccccc1OC. The third kappa shape index (κ3) is 7.59. The van der Waals surface area contributed by atoms with Crippen LogP contribution in [0.25, 0.3) is 0 Å². The van der Waals surface area contributed by atoms with E-state index in [4.69, 9.17) is 14.2 Å². The van der Waals surface area contributed by atoms with E-state index in [1.54, 1.807) is 42.5 Å². The molecular weight excluding hydrogens is 452 g/mol. The molecular formula is C22H27BrN2O5. The number of methoxy groups -OCH3 is 1. The van der Waals surface area contributed by atoms with E-state index in [1.807, 2.05) is 0 Å². The summed E-state index contributed by atoms with van der Waals surface area (Å²) in [7, 11) is 1.52. The number of hydrazine groups is 1. The number of para-hydroxylation sites is 2. The second-order valence-electron chi connectivity index (χ2n) is 6.49. The molecule has 0 bridgehead atoms. The van der Waals surface area contributed by atoms with E-state index >= 15 is 0 Å². The molecule has 7 nitrogen and oxygen atoms in total. The van der Waals surface area contributed by atoms with Gasteiger partial charge in [0.1, 0.15) is 5.75 Å². The minimum absolute atomic E-state index is 0.278. The van der Waals surface area contributed by atoms with Crippen molar-refractivity contribution in [2.45, 2.75) is 32.6 Å². The highest BCUT2D eigenvalue weighted by molar-refractivity contribution is 9.10. The van der Waals surface area contributed by atoms with Gasteiger partial charge < -0.3 is 14.2 Å². The maximum atomic E-state index is 12.5. The van der Waals surface area contributed by atoms with Gasteiger partial charge in [0.15, 0.2) is 18.1 Å². The second-order valence-corrected chi connectivity index (χ2v) is 7.41. The molecule has 0 saturated heterocycles. The molecule has 0 unspecified atom stereocenters. The van der Waals surface area contributed by atoms with Crippen LogP contribution in [0.3, 0.4) is 0 Å². The van der Waals surface area contributed by atoms with Gasteiger partial charge in [-0.05, 0) is 36.8 Å². The van der Waals surface area contributed by atoms with Crippen LogP contribution >= 0.6 is 15.9 Å². The Labute approximate surface area is 185 Å². The van der Waals surface area contributed by atoms with Crippen molar-refractivity contribution in [1.29, 1.82) is 0 Å². The Morgan fingerprint density at radius 1 is 0.933 bits per heavy atom. The zero-order chi connectivity index (χ0) is 21.8. The number of benzene rings is 2. The van der Waals surface area contributed by atoms with Crippen LogP contribution in [0.1, 0.15) is 43.0 Å². The van der Waals surface area contributed by atoms with E-state index < -0.39 is 11.8 Å². The highest BCUT2D eigenvalue weighted by Crippen LogP contribution is 2.25. The lowest BCUT2D eigenvalue weighted by atomic mass is 10.2. The molecule has 8 heteroatoms. The summed E-state index contributed by atoms with van der Waals surface area (Å²) >= 11 is 3.36. The number of nitrogens with one attached hydrogen (secondary N) is 2. The smallest absolute Gasteiger partial charge is 0.276 e. The molecule has 0 heterocycles. The average molecular weight is 479 g/mol. The third-order valence-corrected chi connectivity index (χ3v) is 4.68. The normalized spacial score (nSPS) is 10.2. The van der Waals surface area contributed by atoms with Crippen molar-refractivity contribution in [1.82, 2.24) is 10.9 Å². The molecule has 2 amide bonds. The summed E-state index contributed by atoms with van der Waals surface area (Å²) in [6.45, 7) is 2.40. The van der Waals surface area contributed by atoms with Crippen LogP contribution in [0, 0.1) is 0 Å². The zero-order valence-electron chi connectivity index (χ0n) is 17.2. The van der Waals surface area contributed by atoms with Crippen LogP contribution in [0.2, 0.25) is 0 Å². The van der Waals surface area contributed by atoms with Crippen molar-refractivity contribution in [2.24, 2.45) is 0 Å². The monoisotopic (exact) mass is 478 g/mol. The van der Waals surface area contributed by atoms with Crippen LogP contribution < -0.4 is 25.1 Å². The van der Waals surface area contributed by atoms with Gasteiger partial charge in [-0.1, -0.05) is 54.2 Å². The number of unbranched alkanes of at least 4 members (excludes halogenated alkanes) is 3. The topological polar surface area (TPSA) is 85.9 Å². The quantitative estimate of drug-likeness (QED) is 0.372. The van der Waals surface area contributed by atoms with Gasteiger partial charge in [0.05, 0.1) is 19.3 Å². The molecule has 0 spiro atoms. The van der Waals surface area contributed by atoms with E-state index in [0.29, 0.717) is 29.4 Å². The zero-order valence-corrected chi connectivity index (χ0v) is 18.8. The van der Waals surface area contributed by atoms with E-state index in [0.717, 1.165) is 30.2 Å². The first-order chi connectivity index (χ1) is 14.5. The van der Waals surface area contributed by atoms with Crippen LogP contribution in [-0.4, -0.2) is 32.1 Å². The number of halogens is 1. The van der Waals surface area contributed by atoms with Gasteiger partial charge in [0.25, 0.3) is 11.8 Å². The van der Waals surface area contributed by atoms with Gasteiger partial charge in [-0.3, -0.25) is 20.4 Å². The Morgan fingerprint density at radius 3 is 2.43 bits per heavy atom. The fourth-order valence-electron chi connectivity index (χ4n) is 2.63. The predicted octanol–water partition coefficient (Wildman–Crippen LogP) is 4.26. The second kappa shape index (κ2) is 12.7. The predicted molar refractivity (Wildman–Crippen MR) is 118 cm³/mol. The van der Waals surface area contributed by atoms with Gasteiger partial charge in [-0.2, -0.15) is 0 Å². The van der Waals surface area contributed by atoms with E-state index in [9.17, 15) is 9.59 Å². The van der Waals surface area contributed by atoms with Crippen LogP contribution in [0.4, 0.5) is 0 Å². The Bertz CT molecular complexity index is 844. The Balaban J connectivity index is 1.87. The fourth-order valence-corrected chi connectivity index (χ4v) is 2.99. The number of ether oxygens (including phenoxy) is 3. The third-order valence-electron chi connectivity index (χ3n) is 4.18. The molecule has 2 N–H and O–H groups in total. The van der Waals surface area contributed by atoms with Crippen molar-refractivity contribution < 1.29 is 23.8 Å². The molecule has 2 aromatic rings. The molecule has 0 saturated carbocycles. The average Bonchev–Trinajstić information content (AvgIpc) is 2.76. The van der Waals surface area contributed by atoms with Crippen LogP contribution in [0.5, 0.6) is 17.2 Å². The largest absolute Gasteiger partial charge is 0.493 e. The number of carbonyl (C=O) groups excluding carboxylic acids is 2. The number of carbonyl (C=O) groups is 2. The van der Waals surface area contributed by atoms with Gasteiger partial charge in [0.2, 0.25) is 0 Å². The standard InChI is InChI=1S/C22H27BrN2O5/c1-3-4-5-8-13-29-18-12-11-16(23)14-17(18)22(27)25-24-21(26)15-30-20-10-7-6-9-19(20)28-2/h6-7,9-12,14H,3-5,8,13,15H2,1-2H3,(H,24,26)(H,25,27). The lowest BCUT2D eigenvalue weighted by molar-refractivity contribution is -0.123. The minimum atomic E-state index is -0.508. The molecule has 0 aliphatic carbocycles. The molecule has 0 aromatic heterocycles.